The number of Topliss-reactive ketones (excluding diaryl/α,β-unsaturated/α-hetero) is 1. The van der Waals surface area contributed by atoms with Gasteiger partial charge in [0.25, 0.3) is 0 Å². The van der Waals surface area contributed by atoms with Gasteiger partial charge in [-0.05, 0) is 48.4 Å². The summed E-state index contributed by atoms with van der Waals surface area (Å²) in [5, 5.41) is 2.75. The highest BCUT2D eigenvalue weighted by Gasteiger charge is 2.27. The summed E-state index contributed by atoms with van der Waals surface area (Å²) in [5.74, 6) is -1.30. The molecular formula is C20H16BrNO4. The maximum atomic E-state index is 12.3. The highest BCUT2D eigenvalue weighted by atomic mass is 79.9. The fraction of sp³-hybridized carbons (Fsp3) is 0.150. The van der Waals surface area contributed by atoms with Gasteiger partial charge in [-0.15, -0.1) is 0 Å². The van der Waals surface area contributed by atoms with Crippen molar-refractivity contribution >= 4 is 45.4 Å². The van der Waals surface area contributed by atoms with Crippen molar-refractivity contribution in [2.45, 2.75) is 12.8 Å². The second-order valence-corrected chi connectivity index (χ2v) is 6.75. The third-order valence-electron chi connectivity index (χ3n) is 4.14. The molecule has 0 unspecified atom stereocenters. The van der Waals surface area contributed by atoms with E-state index in [0.717, 1.165) is 15.6 Å². The van der Waals surface area contributed by atoms with Gasteiger partial charge in [-0.3, -0.25) is 9.59 Å². The van der Waals surface area contributed by atoms with Crippen LogP contribution in [0.25, 0.3) is 6.08 Å². The predicted octanol–water partition coefficient (Wildman–Crippen LogP) is 3.94. The summed E-state index contributed by atoms with van der Waals surface area (Å²) in [6, 6.07) is 12.4. The maximum Gasteiger partial charge on any atom is 0.331 e. The van der Waals surface area contributed by atoms with Crippen LogP contribution in [0.15, 0.2) is 53.0 Å². The van der Waals surface area contributed by atoms with Crippen LogP contribution in [0, 0.1) is 0 Å². The van der Waals surface area contributed by atoms with E-state index in [-0.39, 0.29) is 24.2 Å². The van der Waals surface area contributed by atoms with Gasteiger partial charge in [-0.2, -0.15) is 0 Å². The van der Waals surface area contributed by atoms with Crippen molar-refractivity contribution in [3.8, 4) is 0 Å². The number of hydrogen-bond acceptors (Lipinski definition) is 4. The molecule has 1 aliphatic heterocycles. The number of hydrogen-bond donors (Lipinski definition) is 1. The van der Waals surface area contributed by atoms with E-state index in [1.807, 2.05) is 24.3 Å². The molecule has 3 rings (SSSR count). The number of nitrogens with one attached hydrogen (secondary N) is 1. The van der Waals surface area contributed by atoms with Gasteiger partial charge in [0.05, 0.1) is 5.92 Å². The van der Waals surface area contributed by atoms with Crippen LogP contribution in [-0.4, -0.2) is 24.3 Å². The van der Waals surface area contributed by atoms with E-state index in [9.17, 15) is 14.4 Å². The number of rotatable bonds is 5. The lowest BCUT2D eigenvalue weighted by molar-refractivity contribution is -0.136. The molecule has 0 fully saturated rings. The van der Waals surface area contributed by atoms with Gasteiger partial charge in [-0.25, -0.2) is 4.79 Å². The molecule has 5 nitrogen and oxygen atoms in total. The van der Waals surface area contributed by atoms with E-state index in [0.29, 0.717) is 11.3 Å². The highest BCUT2D eigenvalue weighted by Crippen LogP contribution is 2.32. The number of amides is 1. The Morgan fingerprint density at radius 1 is 1.23 bits per heavy atom. The molecule has 0 bridgehead atoms. The molecule has 2 aromatic rings. The Morgan fingerprint density at radius 3 is 2.77 bits per heavy atom. The Morgan fingerprint density at radius 2 is 2.00 bits per heavy atom. The van der Waals surface area contributed by atoms with E-state index < -0.39 is 5.97 Å². The Kier molecular flexibility index (Phi) is 5.32. The molecule has 1 aliphatic rings. The number of fused-ring (bicyclic) bond motifs is 1. The van der Waals surface area contributed by atoms with Crippen LogP contribution < -0.4 is 5.32 Å². The van der Waals surface area contributed by atoms with Crippen molar-refractivity contribution in [1.29, 1.82) is 0 Å². The van der Waals surface area contributed by atoms with Crippen LogP contribution in [0.2, 0.25) is 0 Å². The molecule has 0 aliphatic carbocycles. The van der Waals surface area contributed by atoms with E-state index in [2.05, 4.69) is 21.2 Å². The number of anilines is 1. The molecule has 0 saturated carbocycles. The summed E-state index contributed by atoms with van der Waals surface area (Å²) in [6.07, 6.45) is 2.89. The van der Waals surface area contributed by atoms with Crippen molar-refractivity contribution in [1.82, 2.24) is 0 Å². The van der Waals surface area contributed by atoms with E-state index in [1.165, 1.54) is 6.08 Å². The highest BCUT2D eigenvalue weighted by molar-refractivity contribution is 9.10. The summed E-state index contributed by atoms with van der Waals surface area (Å²) in [7, 11) is 0. The lowest BCUT2D eigenvalue weighted by atomic mass is 9.99. The lowest BCUT2D eigenvalue weighted by Gasteiger charge is -2.06. The average Bonchev–Trinajstić information content (AvgIpc) is 2.92. The Bertz CT molecular complexity index is 920. The van der Waals surface area contributed by atoms with E-state index >= 15 is 0 Å². The van der Waals surface area contributed by atoms with Crippen LogP contribution in [0.5, 0.6) is 0 Å². The van der Waals surface area contributed by atoms with Gasteiger partial charge in [-0.1, -0.05) is 34.1 Å². The van der Waals surface area contributed by atoms with Gasteiger partial charge in [0.2, 0.25) is 5.91 Å². The number of carbonyl (C=O) groups excluding carboxylic acids is 3. The van der Waals surface area contributed by atoms with Crippen molar-refractivity contribution in [2.24, 2.45) is 0 Å². The first-order chi connectivity index (χ1) is 12.5. The molecule has 0 saturated heterocycles. The SMILES string of the molecule is C[C@@H]1C(=O)Nc2ccc(C(=O)COC(=O)/C=C/c3ccccc3Br)cc21. The molecule has 6 heteroatoms. The fourth-order valence-corrected chi connectivity index (χ4v) is 3.04. The summed E-state index contributed by atoms with van der Waals surface area (Å²) < 4.78 is 5.87. The normalized spacial score (nSPS) is 15.6. The van der Waals surface area contributed by atoms with Crippen molar-refractivity contribution in [3.63, 3.8) is 0 Å². The molecular weight excluding hydrogens is 398 g/mol. The molecule has 0 spiro atoms. The minimum Gasteiger partial charge on any atom is -0.454 e. The van der Waals surface area contributed by atoms with Gasteiger partial charge in [0.15, 0.2) is 12.4 Å². The predicted molar refractivity (Wildman–Crippen MR) is 102 cm³/mol. The summed E-state index contributed by atoms with van der Waals surface area (Å²) in [6.45, 7) is 1.43. The number of carbonyl (C=O) groups is 3. The minimum absolute atomic E-state index is 0.0896. The van der Waals surface area contributed by atoms with Crippen LogP contribution in [0.3, 0.4) is 0 Å². The van der Waals surface area contributed by atoms with Crippen molar-refractivity contribution in [3.05, 3.63) is 69.7 Å². The summed E-state index contributed by atoms with van der Waals surface area (Å²) in [4.78, 5) is 35.7. The van der Waals surface area contributed by atoms with Crippen molar-refractivity contribution in [2.75, 3.05) is 11.9 Å². The molecule has 132 valence electrons. The fourth-order valence-electron chi connectivity index (χ4n) is 2.63. The second-order valence-electron chi connectivity index (χ2n) is 5.90. The van der Waals surface area contributed by atoms with Crippen LogP contribution in [-0.2, 0) is 14.3 Å². The quantitative estimate of drug-likeness (QED) is 0.457. The number of benzene rings is 2. The standard InChI is InChI=1S/C20H16BrNO4/c1-12-15-10-14(6-8-17(15)22-20(12)25)18(23)11-26-19(24)9-7-13-4-2-3-5-16(13)21/h2-10,12H,11H2,1H3,(H,22,25)/b9-7+/t12-/m0/s1. The third-order valence-corrected chi connectivity index (χ3v) is 4.86. The first-order valence-corrected chi connectivity index (χ1v) is 8.82. The monoisotopic (exact) mass is 413 g/mol. The molecule has 1 amide bonds. The third kappa shape index (κ3) is 3.91. The number of ketones is 1. The molecule has 0 radical (unpaired) electrons. The first-order valence-electron chi connectivity index (χ1n) is 8.03. The van der Waals surface area contributed by atoms with Crippen molar-refractivity contribution < 1.29 is 19.1 Å². The second kappa shape index (κ2) is 7.66. The molecule has 1 N–H and O–H groups in total. The molecule has 0 aromatic heterocycles. The molecule has 1 heterocycles. The van der Waals surface area contributed by atoms with Gasteiger partial charge < -0.3 is 10.1 Å². The Balaban J connectivity index is 1.60. The zero-order valence-corrected chi connectivity index (χ0v) is 15.6. The first kappa shape index (κ1) is 18.1. The Labute approximate surface area is 159 Å². The zero-order valence-electron chi connectivity index (χ0n) is 14.0. The topological polar surface area (TPSA) is 72.5 Å². The summed E-state index contributed by atoms with van der Waals surface area (Å²) in [5.41, 5.74) is 2.74. The van der Waals surface area contributed by atoms with Crippen LogP contribution in [0.1, 0.15) is 34.3 Å². The smallest absolute Gasteiger partial charge is 0.331 e. The number of ether oxygens (including phenoxy) is 1. The molecule has 26 heavy (non-hydrogen) atoms. The van der Waals surface area contributed by atoms with Crippen LogP contribution in [0.4, 0.5) is 5.69 Å². The largest absolute Gasteiger partial charge is 0.454 e. The number of esters is 1. The van der Waals surface area contributed by atoms with E-state index in [4.69, 9.17) is 4.74 Å². The lowest BCUT2D eigenvalue weighted by Crippen LogP contribution is -2.13. The van der Waals surface area contributed by atoms with Gasteiger partial charge >= 0.3 is 5.97 Å². The van der Waals surface area contributed by atoms with E-state index in [1.54, 1.807) is 31.2 Å². The number of halogens is 1. The maximum absolute atomic E-state index is 12.3. The Hall–Kier alpha value is -2.73. The zero-order chi connectivity index (χ0) is 18.7. The van der Waals surface area contributed by atoms with Gasteiger partial charge in [0.1, 0.15) is 0 Å². The summed E-state index contributed by atoms with van der Waals surface area (Å²) >= 11 is 3.39. The minimum atomic E-state index is -0.597. The molecule has 2 aromatic carbocycles. The van der Waals surface area contributed by atoms with Crippen LogP contribution >= 0.6 is 15.9 Å². The average molecular weight is 414 g/mol. The van der Waals surface area contributed by atoms with Gasteiger partial charge in [0, 0.05) is 21.8 Å². The molecule has 1 atom stereocenters.